The molecule has 0 atom stereocenters. The van der Waals surface area contributed by atoms with E-state index in [2.05, 4.69) is 21.7 Å². The van der Waals surface area contributed by atoms with Gasteiger partial charge < -0.3 is 14.2 Å². The zero-order valence-electron chi connectivity index (χ0n) is 14.8. The molecule has 1 amide bonds. The van der Waals surface area contributed by atoms with Gasteiger partial charge in [-0.1, -0.05) is 23.9 Å². The predicted octanol–water partition coefficient (Wildman–Crippen LogP) is 3.08. The third kappa shape index (κ3) is 3.98. The molecule has 6 nitrogen and oxygen atoms in total. The second kappa shape index (κ2) is 8.38. The van der Waals surface area contributed by atoms with Gasteiger partial charge in [-0.2, -0.15) is 0 Å². The van der Waals surface area contributed by atoms with Crippen LogP contribution in [0.1, 0.15) is 26.2 Å². The van der Waals surface area contributed by atoms with Crippen molar-refractivity contribution in [3.05, 3.63) is 24.3 Å². The number of carbonyl (C=O) groups is 1. The molecule has 2 aromatic rings. The summed E-state index contributed by atoms with van der Waals surface area (Å²) < 4.78 is 7.56. The van der Waals surface area contributed by atoms with Crippen molar-refractivity contribution in [3.8, 4) is 17.1 Å². The fourth-order valence-corrected chi connectivity index (χ4v) is 3.99. The number of rotatable bonds is 8. The minimum Gasteiger partial charge on any atom is -0.496 e. The normalized spacial score (nSPS) is 14.3. The van der Waals surface area contributed by atoms with Crippen molar-refractivity contribution in [1.29, 1.82) is 0 Å². The molecule has 25 heavy (non-hydrogen) atoms. The number of para-hydroxylation sites is 1. The summed E-state index contributed by atoms with van der Waals surface area (Å²) in [6, 6.07) is 7.86. The molecule has 3 rings (SSSR count). The maximum Gasteiger partial charge on any atom is 0.222 e. The van der Waals surface area contributed by atoms with Crippen LogP contribution in [0, 0.1) is 0 Å². The van der Waals surface area contributed by atoms with E-state index in [9.17, 15) is 4.79 Å². The second-order valence-electron chi connectivity index (χ2n) is 5.94. The number of benzene rings is 1. The minimum atomic E-state index is 0.292. The monoisotopic (exact) mass is 360 g/mol. The van der Waals surface area contributed by atoms with E-state index in [1.165, 1.54) is 0 Å². The quantitative estimate of drug-likeness (QED) is 0.535. The van der Waals surface area contributed by atoms with Crippen LogP contribution in [0.3, 0.4) is 0 Å². The maximum atomic E-state index is 11.6. The van der Waals surface area contributed by atoms with Gasteiger partial charge in [0.15, 0.2) is 11.0 Å². The van der Waals surface area contributed by atoms with Crippen molar-refractivity contribution in [2.24, 2.45) is 0 Å². The first kappa shape index (κ1) is 17.8. The fraction of sp³-hybridized carbons (Fsp3) is 0.500. The van der Waals surface area contributed by atoms with Crippen LogP contribution in [0.5, 0.6) is 5.75 Å². The number of ether oxygens (including phenoxy) is 1. The lowest BCUT2D eigenvalue weighted by Crippen LogP contribution is -2.25. The number of hydrogen-bond donors (Lipinski definition) is 0. The summed E-state index contributed by atoms with van der Waals surface area (Å²) in [7, 11) is 1.67. The molecule has 1 aliphatic heterocycles. The second-order valence-corrected chi connectivity index (χ2v) is 7.00. The minimum absolute atomic E-state index is 0.292. The van der Waals surface area contributed by atoms with Crippen molar-refractivity contribution >= 4 is 17.7 Å². The van der Waals surface area contributed by atoms with E-state index in [0.29, 0.717) is 12.3 Å². The van der Waals surface area contributed by atoms with Gasteiger partial charge >= 0.3 is 0 Å². The maximum absolute atomic E-state index is 11.6. The molecule has 1 fully saturated rings. The molecular weight excluding hydrogens is 336 g/mol. The molecule has 0 radical (unpaired) electrons. The third-order valence-electron chi connectivity index (χ3n) is 4.36. The Labute approximate surface area is 152 Å². The molecular formula is C18H24N4O2S. The van der Waals surface area contributed by atoms with E-state index in [4.69, 9.17) is 4.74 Å². The number of thioether (sulfide) groups is 1. The van der Waals surface area contributed by atoms with E-state index >= 15 is 0 Å². The zero-order chi connectivity index (χ0) is 17.6. The number of hydrogen-bond acceptors (Lipinski definition) is 5. The van der Waals surface area contributed by atoms with Crippen LogP contribution in [0.2, 0.25) is 0 Å². The van der Waals surface area contributed by atoms with Gasteiger partial charge in [0, 0.05) is 31.8 Å². The third-order valence-corrected chi connectivity index (χ3v) is 5.41. The molecule has 0 unspecified atom stereocenters. The van der Waals surface area contributed by atoms with E-state index < -0.39 is 0 Å². The zero-order valence-corrected chi connectivity index (χ0v) is 15.6. The average molecular weight is 360 g/mol. The van der Waals surface area contributed by atoms with E-state index in [1.807, 2.05) is 29.2 Å². The molecule has 0 N–H and O–H groups in total. The number of carbonyl (C=O) groups excluding carboxylic acids is 1. The molecule has 7 heteroatoms. The SMILES string of the molecule is CCn1c(SCCCN2CCCC2=O)nnc1-c1ccccc1OC. The Bertz CT molecular complexity index is 732. The van der Waals surface area contributed by atoms with Crippen LogP contribution in [0.25, 0.3) is 11.4 Å². The summed E-state index contributed by atoms with van der Waals surface area (Å²) in [5, 5.41) is 9.66. The highest BCUT2D eigenvalue weighted by atomic mass is 32.2. The Hall–Kier alpha value is -2.02. The molecule has 0 spiro atoms. The highest BCUT2D eigenvalue weighted by Crippen LogP contribution is 2.30. The summed E-state index contributed by atoms with van der Waals surface area (Å²) in [5.41, 5.74) is 0.953. The Kier molecular flexibility index (Phi) is 5.96. The van der Waals surface area contributed by atoms with Crippen molar-refractivity contribution in [1.82, 2.24) is 19.7 Å². The first-order valence-corrected chi connectivity index (χ1v) is 9.70. The van der Waals surface area contributed by atoms with Gasteiger partial charge in [0.25, 0.3) is 0 Å². The van der Waals surface area contributed by atoms with Crippen LogP contribution in [0.4, 0.5) is 0 Å². The van der Waals surface area contributed by atoms with Gasteiger partial charge in [0.2, 0.25) is 5.91 Å². The summed E-state index contributed by atoms with van der Waals surface area (Å²) in [4.78, 5) is 13.6. The van der Waals surface area contributed by atoms with Gasteiger partial charge in [0.05, 0.1) is 12.7 Å². The summed E-state index contributed by atoms with van der Waals surface area (Å²) in [6.45, 7) is 4.64. The van der Waals surface area contributed by atoms with E-state index in [0.717, 1.165) is 60.5 Å². The lowest BCUT2D eigenvalue weighted by atomic mass is 10.2. The smallest absolute Gasteiger partial charge is 0.222 e. The Morgan fingerprint density at radius 2 is 2.12 bits per heavy atom. The molecule has 0 bridgehead atoms. The van der Waals surface area contributed by atoms with Crippen molar-refractivity contribution in [3.63, 3.8) is 0 Å². The van der Waals surface area contributed by atoms with Crippen LogP contribution < -0.4 is 4.74 Å². The van der Waals surface area contributed by atoms with Crippen LogP contribution in [-0.4, -0.2) is 51.5 Å². The molecule has 1 saturated heterocycles. The lowest BCUT2D eigenvalue weighted by molar-refractivity contribution is -0.127. The van der Waals surface area contributed by atoms with E-state index in [1.54, 1.807) is 18.9 Å². The topological polar surface area (TPSA) is 60.2 Å². The Balaban J connectivity index is 1.65. The lowest BCUT2D eigenvalue weighted by Gasteiger charge is -2.14. The van der Waals surface area contributed by atoms with Gasteiger partial charge in [-0.15, -0.1) is 10.2 Å². The highest BCUT2D eigenvalue weighted by Gasteiger charge is 2.20. The summed E-state index contributed by atoms with van der Waals surface area (Å²) in [5.74, 6) is 2.85. The molecule has 2 heterocycles. The Morgan fingerprint density at radius 3 is 2.84 bits per heavy atom. The first-order chi connectivity index (χ1) is 12.2. The number of likely N-dealkylation sites (tertiary alicyclic amines) is 1. The standard InChI is InChI=1S/C18H24N4O2S/c1-3-22-17(14-8-4-5-9-15(14)24-2)19-20-18(22)25-13-7-12-21-11-6-10-16(21)23/h4-5,8-9H,3,6-7,10-13H2,1-2H3. The highest BCUT2D eigenvalue weighted by molar-refractivity contribution is 7.99. The van der Waals surface area contributed by atoms with Crippen LogP contribution in [0.15, 0.2) is 29.4 Å². The van der Waals surface area contributed by atoms with Gasteiger partial charge in [-0.3, -0.25) is 4.79 Å². The van der Waals surface area contributed by atoms with E-state index in [-0.39, 0.29) is 0 Å². The molecule has 1 aromatic heterocycles. The number of amides is 1. The molecule has 134 valence electrons. The number of methoxy groups -OCH3 is 1. The van der Waals surface area contributed by atoms with Gasteiger partial charge in [-0.25, -0.2) is 0 Å². The molecule has 0 aliphatic carbocycles. The first-order valence-electron chi connectivity index (χ1n) is 8.71. The van der Waals surface area contributed by atoms with Gasteiger partial charge in [0.1, 0.15) is 5.75 Å². The van der Waals surface area contributed by atoms with Crippen molar-refractivity contribution in [2.75, 3.05) is 26.0 Å². The van der Waals surface area contributed by atoms with Crippen molar-refractivity contribution < 1.29 is 9.53 Å². The predicted molar refractivity (Wildman–Crippen MR) is 98.8 cm³/mol. The van der Waals surface area contributed by atoms with Crippen molar-refractivity contribution in [2.45, 2.75) is 37.9 Å². The molecule has 1 aromatic carbocycles. The fourth-order valence-electron chi connectivity index (χ4n) is 3.07. The largest absolute Gasteiger partial charge is 0.496 e. The molecule has 0 saturated carbocycles. The van der Waals surface area contributed by atoms with Crippen LogP contribution in [-0.2, 0) is 11.3 Å². The summed E-state index contributed by atoms with van der Waals surface area (Å²) >= 11 is 1.70. The average Bonchev–Trinajstić information content (AvgIpc) is 3.24. The Morgan fingerprint density at radius 1 is 1.28 bits per heavy atom. The number of aromatic nitrogens is 3. The summed E-state index contributed by atoms with van der Waals surface area (Å²) in [6.07, 6.45) is 2.68. The number of nitrogens with zero attached hydrogens (tertiary/aromatic N) is 4. The molecule has 1 aliphatic rings. The van der Waals surface area contributed by atoms with Gasteiger partial charge in [-0.05, 0) is 31.9 Å². The van der Waals surface area contributed by atoms with Crippen LogP contribution >= 0.6 is 11.8 Å².